The molecule has 0 saturated carbocycles. The third-order valence-corrected chi connectivity index (χ3v) is 9.87. The first-order chi connectivity index (χ1) is 27.7. The molecule has 0 unspecified atom stereocenters. The quantitative estimate of drug-likeness (QED) is 0.0419. The van der Waals surface area contributed by atoms with Gasteiger partial charge in [-0.2, -0.15) is 40.4 Å². The van der Waals surface area contributed by atoms with Crippen LogP contribution in [0.4, 0.5) is 13.2 Å². The van der Waals surface area contributed by atoms with E-state index in [2.05, 4.69) is 15.8 Å². The van der Waals surface area contributed by atoms with Gasteiger partial charge in [0.05, 0.1) is 36.3 Å². The van der Waals surface area contributed by atoms with Crippen LogP contribution >= 0.6 is 0 Å². The molecule has 0 radical (unpaired) electrons. The van der Waals surface area contributed by atoms with Gasteiger partial charge in [0, 0.05) is 13.1 Å². The van der Waals surface area contributed by atoms with Crippen molar-refractivity contribution in [3.63, 3.8) is 0 Å². The predicted octanol–water partition coefficient (Wildman–Crippen LogP) is 5.23. The summed E-state index contributed by atoms with van der Waals surface area (Å²) in [6, 6.07) is 27.0. The highest BCUT2D eigenvalue weighted by Gasteiger charge is 2.38. The minimum absolute atomic E-state index is 0.0560. The molecule has 16 nitrogen and oxygen atoms in total. The third kappa shape index (κ3) is 14.5. The number of fused-ring (bicyclic) bond motifs is 2. The molecule has 0 bridgehead atoms. The molecule has 314 valence electrons. The molecule has 5 N–H and O–H groups in total. The van der Waals surface area contributed by atoms with Gasteiger partial charge >= 0.3 is 12.1 Å². The number of aliphatic carboxylic acids is 1. The highest BCUT2D eigenvalue weighted by atomic mass is 32.2. The summed E-state index contributed by atoms with van der Waals surface area (Å²) in [5.41, 5.74) is 4.15. The molecule has 1 fully saturated rings. The van der Waals surface area contributed by atoms with Crippen molar-refractivity contribution in [2.45, 2.75) is 35.0 Å². The lowest BCUT2D eigenvalue weighted by molar-refractivity contribution is -0.192. The first-order valence-corrected chi connectivity index (χ1v) is 19.7. The topological polar surface area (TPSA) is 245 Å². The van der Waals surface area contributed by atoms with E-state index in [-0.39, 0.29) is 21.7 Å². The number of hydrogen-bond acceptors (Lipinski definition) is 12. The standard InChI is InChI=1S/C14H17N5O.2C11H10O4S.C2HF3O2/c1-16-13-5-6-19(14(13)20)9-12-4-2-3-11(7-12)8-17-18-10-15;2*1-15-10-4-2-9-7-11(16(12,13)14)5-3-8(9)6-10;3-2(4,5)1(6)7/h2-4,7-8,13,16,18H,5-6,9H2,1H3;2*2-7H,1H3,(H,12,13,14);(H,6,7)/t13-;;;/m0.../s1. The van der Waals surface area contributed by atoms with Crippen LogP contribution in [0.5, 0.6) is 11.5 Å². The fraction of sp³-hybridized carbons (Fsp3) is 0.211. The van der Waals surface area contributed by atoms with Crippen molar-refractivity contribution in [2.24, 2.45) is 5.10 Å². The molecule has 0 aliphatic carbocycles. The predicted molar refractivity (Wildman–Crippen MR) is 210 cm³/mol. The minimum atomic E-state index is -5.08. The number of carboxylic acids is 1. The lowest BCUT2D eigenvalue weighted by atomic mass is 10.1. The van der Waals surface area contributed by atoms with Crippen molar-refractivity contribution in [3.05, 3.63) is 108 Å². The first-order valence-electron chi connectivity index (χ1n) is 16.8. The van der Waals surface area contributed by atoms with Gasteiger partial charge in [-0.3, -0.25) is 13.9 Å². The number of ether oxygens (including phenoxy) is 2. The summed E-state index contributed by atoms with van der Waals surface area (Å²) in [7, 11) is -3.35. The number of alkyl halides is 3. The average molecular weight is 862 g/mol. The number of carboxylic acid groups (broad SMARTS) is 1. The Balaban J connectivity index is 0.000000220. The second-order valence-electron chi connectivity index (χ2n) is 12.1. The Bertz CT molecular complexity index is 2450. The van der Waals surface area contributed by atoms with Crippen molar-refractivity contribution in [1.29, 1.82) is 5.26 Å². The van der Waals surface area contributed by atoms with E-state index in [9.17, 15) is 34.8 Å². The molecule has 5 aromatic carbocycles. The van der Waals surface area contributed by atoms with Crippen LogP contribution in [-0.2, 0) is 36.4 Å². The molecule has 59 heavy (non-hydrogen) atoms. The molecule has 21 heteroatoms. The number of nitriles is 1. The number of carbonyl (C=O) groups excluding carboxylic acids is 1. The number of benzene rings is 5. The maximum atomic E-state index is 12.0. The number of rotatable bonds is 9. The van der Waals surface area contributed by atoms with Crippen LogP contribution in [0, 0.1) is 11.5 Å². The van der Waals surface area contributed by atoms with Crippen molar-refractivity contribution in [3.8, 4) is 17.7 Å². The number of likely N-dealkylation sites (tertiary alicyclic amines) is 1. The Morgan fingerprint density at radius 1 is 0.864 bits per heavy atom. The van der Waals surface area contributed by atoms with E-state index in [0.717, 1.165) is 45.6 Å². The summed E-state index contributed by atoms with van der Waals surface area (Å²) in [5, 5.41) is 25.4. The summed E-state index contributed by atoms with van der Waals surface area (Å²) in [6.45, 7) is 1.38. The molecule has 1 heterocycles. The number of nitrogens with zero attached hydrogens (tertiary/aromatic N) is 3. The monoisotopic (exact) mass is 861 g/mol. The van der Waals surface area contributed by atoms with Crippen molar-refractivity contribution in [1.82, 2.24) is 15.6 Å². The van der Waals surface area contributed by atoms with Gasteiger partial charge in [-0.25, -0.2) is 10.2 Å². The lowest BCUT2D eigenvalue weighted by Gasteiger charge is -2.16. The normalized spacial score (nSPS) is 13.9. The van der Waals surface area contributed by atoms with Crippen LogP contribution in [-0.4, -0.2) is 94.1 Å². The lowest BCUT2D eigenvalue weighted by Crippen LogP contribution is -2.35. The zero-order chi connectivity index (χ0) is 44.0. The molecule has 0 spiro atoms. The molecule has 6 rings (SSSR count). The summed E-state index contributed by atoms with van der Waals surface area (Å²) >= 11 is 0. The summed E-state index contributed by atoms with van der Waals surface area (Å²) < 4.78 is 103. The molecule has 1 atom stereocenters. The van der Waals surface area contributed by atoms with Gasteiger partial charge in [-0.1, -0.05) is 42.5 Å². The molecular formula is C38H38F3N5O11S2. The van der Waals surface area contributed by atoms with Gasteiger partial charge < -0.3 is 24.8 Å². The van der Waals surface area contributed by atoms with E-state index in [0.29, 0.717) is 18.0 Å². The van der Waals surface area contributed by atoms with Crippen LogP contribution in [0.3, 0.4) is 0 Å². The number of hydrogen-bond donors (Lipinski definition) is 5. The molecule has 1 saturated heterocycles. The molecule has 1 aliphatic rings. The zero-order valence-electron chi connectivity index (χ0n) is 31.4. The largest absolute Gasteiger partial charge is 0.497 e. The number of hydrazone groups is 1. The van der Waals surface area contributed by atoms with E-state index >= 15 is 0 Å². The number of methoxy groups -OCH3 is 2. The Morgan fingerprint density at radius 3 is 1.75 bits per heavy atom. The number of amides is 1. The number of halogens is 3. The average Bonchev–Trinajstić information content (AvgIpc) is 3.54. The number of nitrogens with one attached hydrogen (secondary N) is 2. The highest BCUT2D eigenvalue weighted by molar-refractivity contribution is 7.86. The molecule has 0 aromatic heterocycles. The fourth-order valence-corrected chi connectivity index (χ4v) is 6.30. The Hall–Kier alpha value is -6.31. The zero-order valence-corrected chi connectivity index (χ0v) is 33.0. The Morgan fingerprint density at radius 2 is 1.34 bits per heavy atom. The maximum absolute atomic E-state index is 12.0. The van der Waals surface area contributed by atoms with E-state index in [1.165, 1.54) is 24.3 Å². The SMILES string of the molecule is CN[C@H]1CCN(Cc2cccc(C=NNC#N)c2)C1=O.COc1ccc2cc(S(=O)(=O)O)ccc2c1.COc1ccc2cc(S(=O)(=O)O)ccc2c1.O=C(O)C(F)(F)F. The van der Waals surface area contributed by atoms with Crippen LogP contribution < -0.4 is 20.2 Å². The van der Waals surface area contributed by atoms with Crippen molar-refractivity contribution < 1.29 is 63.3 Å². The third-order valence-electron chi connectivity index (χ3n) is 8.17. The Kier molecular flexibility index (Phi) is 16.7. The summed E-state index contributed by atoms with van der Waals surface area (Å²) in [4.78, 5) is 22.6. The number of carbonyl (C=O) groups is 2. The second-order valence-corrected chi connectivity index (χ2v) is 15.0. The van der Waals surface area contributed by atoms with Gasteiger partial charge in [0.15, 0.2) is 6.19 Å². The van der Waals surface area contributed by atoms with Gasteiger partial charge in [0.25, 0.3) is 20.2 Å². The van der Waals surface area contributed by atoms with Gasteiger partial charge in [0.1, 0.15) is 11.5 Å². The van der Waals surface area contributed by atoms with Crippen LogP contribution in [0.25, 0.3) is 21.5 Å². The van der Waals surface area contributed by atoms with Gasteiger partial charge in [0.2, 0.25) is 5.91 Å². The summed E-state index contributed by atoms with van der Waals surface area (Å²) in [6.07, 6.45) is -0.935. The van der Waals surface area contributed by atoms with E-state index in [4.69, 9.17) is 33.7 Å². The molecule has 5 aromatic rings. The first kappa shape index (κ1) is 47.1. The van der Waals surface area contributed by atoms with Gasteiger partial charge in [-0.05, 0) is 101 Å². The summed E-state index contributed by atoms with van der Waals surface area (Å²) in [5.74, 6) is -1.20. The molecule has 1 amide bonds. The fourth-order valence-electron chi connectivity index (χ4n) is 5.27. The highest BCUT2D eigenvalue weighted by Crippen LogP contribution is 2.25. The molecule has 1 aliphatic heterocycles. The van der Waals surface area contributed by atoms with Crippen molar-refractivity contribution in [2.75, 3.05) is 27.8 Å². The second kappa shape index (κ2) is 20.9. The van der Waals surface area contributed by atoms with Gasteiger partial charge in [-0.15, -0.1) is 0 Å². The van der Waals surface area contributed by atoms with E-state index < -0.39 is 32.4 Å². The van der Waals surface area contributed by atoms with Crippen LogP contribution in [0.15, 0.2) is 112 Å². The van der Waals surface area contributed by atoms with Crippen LogP contribution in [0.1, 0.15) is 17.5 Å². The maximum Gasteiger partial charge on any atom is 0.490 e. The smallest absolute Gasteiger partial charge is 0.490 e. The van der Waals surface area contributed by atoms with Crippen LogP contribution in [0.2, 0.25) is 0 Å². The van der Waals surface area contributed by atoms with E-state index in [1.807, 2.05) is 36.2 Å². The Labute approximate surface area is 337 Å². The van der Waals surface area contributed by atoms with E-state index in [1.54, 1.807) is 75.2 Å². The number of likely N-dealkylation sites (N-methyl/N-ethyl adjacent to an activating group) is 1. The molecular weight excluding hydrogens is 824 g/mol. The minimum Gasteiger partial charge on any atom is -0.497 e. The van der Waals surface area contributed by atoms with Crippen molar-refractivity contribution >= 4 is 59.9 Å².